The third-order valence-corrected chi connectivity index (χ3v) is 4.72. The summed E-state index contributed by atoms with van der Waals surface area (Å²) in [6.45, 7) is 4.51. The van der Waals surface area contributed by atoms with Crippen LogP contribution in [0.2, 0.25) is 5.02 Å². The Balaban J connectivity index is 1.78. The van der Waals surface area contributed by atoms with Crippen molar-refractivity contribution in [2.45, 2.75) is 26.2 Å². The number of hydrogen-bond donors (Lipinski definition) is 1. The van der Waals surface area contributed by atoms with Crippen LogP contribution >= 0.6 is 11.6 Å². The number of amides is 1. The number of carbonyl (C=O) groups is 1. The average Bonchev–Trinajstić information content (AvgIpc) is 3.01. The molecule has 1 aromatic rings. The van der Waals surface area contributed by atoms with Crippen molar-refractivity contribution >= 4 is 23.3 Å². The van der Waals surface area contributed by atoms with E-state index in [2.05, 4.69) is 10.3 Å². The van der Waals surface area contributed by atoms with Crippen LogP contribution in [0.5, 0.6) is 0 Å². The number of nitrogens with zero attached hydrogens (tertiary/aromatic N) is 2. The van der Waals surface area contributed by atoms with Crippen LogP contribution in [0, 0.1) is 11.8 Å². The van der Waals surface area contributed by atoms with Gasteiger partial charge in [0.05, 0.1) is 5.02 Å². The summed E-state index contributed by atoms with van der Waals surface area (Å²) in [7, 11) is 0. The first-order valence-corrected chi connectivity index (χ1v) is 7.76. The molecule has 0 radical (unpaired) electrons. The number of nitrogens with one attached hydrogen (secondary N) is 1. The topological polar surface area (TPSA) is 45.2 Å². The summed E-state index contributed by atoms with van der Waals surface area (Å²) < 4.78 is 0. The fourth-order valence-electron chi connectivity index (χ4n) is 3.42. The van der Waals surface area contributed by atoms with Gasteiger partial charge in [0.25, 0.3) is 5.91 Å². The molecular formula is C15H20ClN3O. The molecule has 20 heavy (non-hydrogen) atoms. The minimum atomic E-state index is -0.0239. The molecule has 1 aliphatic heterocycles. The predicted molar refractivity (Wildman–Crippen MR) is 80.1 cm³/mol. The van der Waals surface area contributed by atoms with Crippen molar-refractivity contribution in [2.75, 3.05) is 25.0 Å². The van der Waals surface area contributed by atoms with E-state index in [0.717, 1.165) is 19.6 Å². The van der Waals surface area contributed by atoms with E-state index in [9.17, 15) is 4.79 Å². The summed E-state index contributed by atoms with van der Waals surface area (Å²) in [5.74, 6) is 2.06. The molecule has 2 fully saturated rings. The molecule has 0 spiro atoms. The second-order valence-electron chi connectivity index (χ2n) is 5.72. The average molecular weight is 294 g/mol. The van der Waals surface area contributed by atoms with E-state index in [-0.39, 0.29) is 5.91 Å². The lowest BCUT2D eigenvalue weighted by atomic mass is 10.0. The summed E-state index contributed by atoms with van der Waals surface area (Å²) in [5, 5.41) is 3.56. The van der Waals surface area contributed by atoms with Crippen LogP contribution in [0.1, 0.15) is 36.7 Å². The van der Waals surface area contributed by atoms with Crippen molar-refractivity contribution in [3.63, 3.8) is 0 Å². The molecule has 2 atom stereocenters. The Morgan fingerprint density at radius 3 is 2.75 bits per heavy atom. The van der Waals surface area contributed by atoms with Gasteiger partial charge in [0.1, 0.15) is 11.5 Å². The van der Waals surface area contributed by atoms with Crippen molar-refractivity contribution in [1.29, 1.82) is 0 Å². The van der Waals surface area contributed by atoms with Crippen molar-refractivity contribution in [1.82, 2.24) is 9.88 Å². The summed E-state index contributed by atoms with van der Waals surface area (Å²) in [4.78, 5) is 18.9. The molecule has 1 amide bonds. The molecule has 1 saturated carbocycles. The number of hydrogen-bond acceptors (Lipinski definition) is 3. The molecule has 1 aromatic heterocycles. The fourth-order valence-corrected chi connectivity index (χ4v) is 3.61. The van der Waals surface area contributed by atoms with Gasteiger partial charge in [-0.05, 0) is 43.7 Å². The third kappa shape index (κ3) is 2.49. The second-order valence-corrected chi connectivity index (χ2v) is 6.13. The molecular weight excluding hydrogens is 274 g/mol. The second kappa shape index (κ2) is 5.60. The fraction of sp³-hybridized carbons (Fsp3) is 0.600. The molecule has 4 nitrogen and oxygen atoms in total. The molecule has 1 aliphatic carbocycles. The van der Waals surface area contributed by atoms with Gasteiger partial charge in [-0.1, -0.05) is 18.0 Å². The molecule has 2 heterocycles. The lowest BCUT2D eigenvalue weighted by molar-refractivity contribution is 0.0775. The number of rotatable bonds is 3. The Labute approximate surface area is 124 Å². The lowest BCUT2D eigenvalue weighted by Gasteiger charge is -2.18. The van der Waals surface area contributed by atoms with E-state index >= 15 is 0 Å². The SMILES string of the molecule is CCNc1ccc(Cl)c(C(=O)N2CC3CCCC3C2)n1. The molecule has 0 bridgehead atoms. The van der Waals surface area contributed by atoms with Crippen LogP contribution in [0.25, 0.3) is 0 Å². The molecule has 1 saturated heterocycles. The molecule has 0 aromatic carbocycles. The number of carbonyl (C=O) groups excluding carboxylic acids is 1. The molecule has 2 aliphatic rings. The van der Waals surface area contributed by atoms with E-state index in [1.165, 1.54) is 19.3 Å². The highest BCUT2D eigenvalue weighted by Gasteiger charge is 2.38. The van der Waals surface area contributed by atoms with Gasteiger partial charge in [-0.25, -0.2) is 4.98 Å². The molecule has 3 rings (SSSR count). The van der Waals surface area contributed by atoms with E-state index in [1.807, 2.05) is 11.8 Å². The van der Waals surface area contributed by atoms with Crippen molar-refractivity contribution in [3.8, 4) is 0 Å². The Bertz CT molecular complexity index is 508. The van der Waals surface area contributed by atoms with Gasteiger partial charge in [-0.15, -0.1) is 0 Å². The minimum absolute atomic E-state index is 0.0239. The first-order chi connectivity index (χ1) is 9.69. The monoisotopic (exact) mass is 293 g/mol. The largest absolute Gasteiger partial charge is 0.370 e. The maximum absolute atomic E-state index is 12.6. The van der Waals surface area contributed by atoms with Gasteiger partial charge in [-0.3, -0.25) is 4.79 Å². The van der Waals surface area contributed by atoms with Gasteiger partial charge in [0, 0.05) is 19.6 Å². The number of likely N-dealkylation sites (tertiary alicyclic amines) is 1. The van der Waals surface area contributed by atoms with Crippen molar-refractivity contribution < 1.29 is 4.79 Å². The number of fused-ring (bicyclic) bond motifs is 1. The normalized spacial score (nSPS) is 24.8. The van der Waals surface area contributed by atoms with E-state index < -0.39 is 0 Å². The van der Waals surface area contributed by atoms with Crippen LogP contribution < -0.4 is 5.32 Å². The Hall–Kier alpha value is -1.29. The summed E-state index contributed by atoms with van der Waals surface area (Å²) in [5.41, 5.74) is 0.380. The zero-order valence-electron chi connectivity index (χ0n) is 11.7. The van der Waals surface area contributed by atoms with Crippen LogP contribution in [0.4, 0.5) is 5.82 Å². The molecule has 5 heteroatoms. The highest BCUT2D eigenvalue weighted by Crippen LogP contribution is 2.38. The smallest absolute Gasteiger partial charge is 0.274 e. The first kappa shape index (κ1) is 13.7. The third-order valence-electron chi connectivity index (χ3n) is 4.42. The number of pyridine rings is 1. The van der Waals surface area contributed by atoms with E-state index in [4.69, 9.17) is 11.6 Å². The van der Waals surface area contributed by atoms with Gasteiger partial charge in [-0.2, -0.15) is 0 Å². The number of halogens is 1. The van der Waals surface area contributed by atoms with Crippen LogP contribution in [0.3, 0.4) is 0 Å². The Kier molecular flexibility index (Phi) is 3.83. The highest BCUT2D eigenvalue weighted by atomic mass is 35.5. The van der Waals surface area contributed by atoms with E-state index in [1.54, 1.807) is 12.1 Å². The predicted octanol–water partition coefficient (Wildman–Crippen LogP) is 3.04. The summed E-state index contributed by atoms with van der Waals surface area (Å²) >= 11 is 6.15. The lowest BCUT2D eigenvalue weighted by Crippen LogP contribution is -2.30. The quantitative estimate of drug-likeness (QED) is 0.932. The minimum Gasteiger partial charge on any atom is -0.370 e. The highest BCUT2D eigenvalue weighted by molar-refractivity contribution is 6.33. The maximum atomic E-state index is 12.6. The van der Waals surface area contributed by atoms with Crippen molar-refractivity contribution in [3.05, 3.63) is 22.8 Å². The molecule has 2 unspecified atom stereocenters. The van der Waals surface area contributed by atoms with Gasteiger partial charge < -0.3 is 10.2 Å². The van der Waals surface area contributed by atoms with Crippen LogP contribution in [-0.2, 0) is 0 Å². The van der Waals surface area contributed by atoms with Gasteiger partial charge >= 0.3 is 0 Å². The zero-order chi connectivity index (χ0) is 14.1. The van der Waals surface area contributed by atoms with Gasteiger partial charge in [0.2, 0.25) is 0 Å². The number of aromatic nitrogens is 1. The molecule has 1 N–H and O–H groups in total. The van der Waals surface area contributed by atoms with Gasteiger partial charge in [0.15, 0.2) is 0 Å². The maximum Gasteiger partial charge on any atom is 0.274 e. The molecule has 108 valence electrons. The first-order valence-electron chi connectivity index (χ1n) is 7.38. The summed E-state index contributed by atoms with van der Waals surface area (Å²) in [6.07, 6.45) is 3.83. The zero-order valence-corrected chi connectivity index (χ0v) is 12.5. The number of anilines is 1. The van der Waals surface area contributed by atoms with Crippen molar-refractivity contribution in [2.24, 2.45) is 11.8 Å². The summed E-state index contributed by atoms with van der Waals surface area (Å²) in [6, 6.07) is 3.55. The van der Waals surface area contributed by atoms with E-state index in [0.29, 0.717) is 28.4 Å². The van der Waals surface area contributed by atoms with Crippen LogP contribution in [-0.4, -0.2) is 35.4 Å². The van der Waals surface area contributed by atoms with Crippen LogP contribution in [0.15, 0.2) is 12.1 Å². The standard InChI is InChI=1S/C15H20ClN3O/c1-2-17-13-7-6-12(16)14(18-13)15(20)19-8-10-4-3-5-11(10)9-19/h6-7,10-11H,2-5,8-9H2,1H3,(H,17,18). The Morgan fingerprint density at radius 1 is 1.40 bits per heavy atom. The Morgan fingerprint density at radius 2 is 2.10 bits per heavy atom.